The predicted molar refractivity (Wildman–Crippen MR) is 78.0 cm³/mol. The van der Waals surface area contributed by atoms with Gasteiger partial charge in [-0.05, 0) is 32.4 Å². The number of hydrogen-bond donors (Lipinski definition) is 1. The van der Waals surface area contributed by atoms with Gasteiger partial charge < -0.3 is 5.32 Å². The molecule has 3 aromatic rings. The Morgan fingerprint density at radius 3 is 2.80 bits per heavy atom. The smallest absolute Gasteiger partial charge is 0.183 e. The Bertz CT molecular complexity index is 761. The molecule has 102 valence electrons. The number of aryl methyl sites for hydroxylation is 3. The van der Waals surface area contributed by atoms with Gasteiger partial charge in [0.15, 0.2) is 17.0 Å². The summed E-state index contributed by atoms with van der Waals surface area (Å²) in [4.78, 5) is 8.51. The fourth-order valence-electron chi connectivity index (χ4n) is 2.18. The van der Waals surface area contributed by atoms with Crippen LogP contribution in [0, 0.1) is 13.8 Å². The van der Waals surface area contributed by atoms with Crippen LogP contribution in [0.15, 0.2) is 24.5 Å². The van der Waals surface area contributed by atoms with Gasteiger partial charge in [0, 0.05) is 12.2 Å². The molecule has 0 fully saturated rings. The molecule has 0 radical (unpaired) electrons. The summed E-state index contributed by atoms with van der Waals surface area (Å²) in [6.07, 6.45) is 1.53. The molecule has 1 aromatic carbocycles. The molecule has 6 nitrogen and oxygen atoms in total. The monoisotopic (exact) mass is 268 g/mol. The van der Waals surface area contributed by atoms with Crippen LogP contribution >= 0.6 is 0 Å². The highest BCUT2D eigenvalue weighted by molar-refractivity contribution is 5.84. The first kappa shape index (κ1) is 12.5. The van der Waals surface area contributed by atoms with Crippen LogP contribution in [-0.2, 0) is 6.54 Å². The number of fused-ring (bicyclic) bond motifs is 1. The Labute approximate surface area is 116 Å². The van der Waals surface area contributed by atoms with Gasteiger partial charge in [-0.1, -0.05) is 22.9 Å². The zero-order valence-electron chi connectivity index (χ0n) is 11.8. The van der Waals surface area contributed by atoms with Gasteiger partial charge in [0.2, 0.25) is 0 Å². The van der Waals surface area contributed by atoms with Gasteiger partial charge in [0.1, 0.15) is 6.33 Å². The number of anilines is 2. The van der Waals surface area contributed by atoms with Gasteiger partial charge in [-0.25, -0.2) is 14.6 Å². The van der Waals surface area contributed by atoms with Crippen molar-refractivity contribution >= 4 is 22.7 Å². The summed E-state index contributed by atoms with van der Waals surface area (Å²) in [6.45, 7) is 6.88. The summed E-state index contributed by atoms with van der Waals surface area (Å²) < 4.78 is 1.75. The standard InChI is InChI=1S/C14H16N6/c1-4-20-14-12(18-19-20)13(15-8-16-14)17-11-6-5-9(2)7-10(11)3/h5-8H,4H2,1-3H3,(H,15,16,17). The van der Waals surface area contributed by atoms with Gasteiger partial charge >= 0.3 is 0 Å². The summed E-state index contributed by atoms with van der Waals surface area (Å²) in [5, 5.41) is 11.5. The Morgan fingerprint density at radius 2 is 2.05 bits per heavy atom. The van der Waals surface area contributed by atoms with E-state index in [4.69, 9.17) is 0 Å². The minimum absolute atomic E-state index is 0.682. The average molecular weight is 268 g/mol. The molecule has 0 bridgehead atoms. The van der Waals surface area contributed by atoms with Crippen molar-refractivity contribution in [3.8, 4) is 0 Å². The van der Waals surface area contributed by atoms with Crippen LogP contribution in [0.1, 0.15) is 18.1 Å². The van der Waals surface area contributed by atoms with Crippen molar-refractivity contribution in [2.75, 3.05) is 5.32 Å². The molecule has 0 aliphatic rings. The van der Waals surface area contributed by atoms with Crippen molar-refractivity contribution in [1.29, 1.82) is 0 Å². The van der Waals surface area contributed by atoms with Crippen LogP contribution in [0.2, 0.25) is 0 Å². The maximum Gasteiger partial charge on any atom is 0.183 e. The molecule has 0 amide bonds. The number of nitrogens with one attached hydrogen (secondary N) is 1. The molecule has 0 aliphatic heterocycles. The Balaban J connectivity index is 2.04. The molecule has 2 aromatic heterocycles. The Hall–Kier alpha value is -2.50. The molecule has 0 aliphatic carbocycles. The minimum Gasteiger partial charge on any atom is -0.338 e. The summed E-state index contributed by atoms with van der Waals surface area (Å²) in [5.41, 5.74) is 4.85. The molecule has 0 saturated carbocycles. The number of nitrogens with zero attached hydrogens (tertiary/aromatic N) is 5. The lowest BCUT2D eigenvalue weighted by Gasteiger charge is -2.09. The second kappa shape index (κ2) is 4.88. The van der Waals surface area contributed by atoms with E-state index in [9.17, 15) is 0 Å². The van der Waals surface area contributed by atoms with Crippen LogP contribution in [0.25, 0.3) is 11.2 Å². The van der Waals surface area contributed by atoms with E-state index in [0.717, 1.165) is 17.9 Å². The zero-order chi connectivity index (χ0) is 14.1. The first-order valence-electron chi connectivity index (χ1n) is 6.57. The Kier molecular flexibility index (Phi) is 3.06. The molecule has 3 rings (SSSR count). The topological polar surface area (TPSA) is 68.5 Å². The predicted octanol–water partition coefficient (Wildman–Crippen LogP) is 2.60. The molecule has 20 heavy (non-hydrogen) atoms. The summed E-state index contributed by atoms with van der Waals surface area (Å²) in [5.74, 6) is 0.682. The molecule has 0 saturated heterocycles. The molecule has 0 unspecified atom stereocenters. The van der Waals surface area contributed by atoms with Crippen molar-refractivity contribution in [2.45, 2.75) is 27.3 Å². The highest BCUT2D eigenvalue weighted by Gasteiger charge is 2.11. The first-order chi connectivity index (χ1) is 9.69. The van der Waals surface area contributed by atoms with Crippen molar-refractivity contribution in [3.63, 3.8) is 0 Å². The summed E-state index contributed by atoms with van der Waals surface area (Å²) in [6, 6.07) is 6.24. The van der Waals surface area contributed by atoms with Crippen LogP contribution in [0.5, 0.6) is 0 Å². The van der Waals surface area contributed by atoms with E-state index < -0.39 is 0 Å². The number of hydrogen-bond acceptors (Lipinski definition) is 5. The van der Waals surface area contributed by atoms with Crippen molar-refractivity contribution in [3.05, 3.63) is 35.7 Å². The van der Waals surface area contributed by atoms with Crippen molar-refractivity contribution < 1.29 is 0 Å². The molecular weight excluding hydrogens is 252 g/mol. The third-order valence-corrected chi connectivity index (χ3v) is 3.23. The quantitative estimate of drug-likeness (QED) is 0.790. The van der Waals surface area contributed by atoms with E-state index in [2.05, 4.69) is 51.6 Å². The van der Waals surface area contributed by atoms with Gasteiger partial charge in [-0.15, -0.1) is 5.10 Å². The summed E-state index contributed by atoms with van der Waals surface area (Å²) in [7, 11) is 0. The fourth-order valence-corrected chi connectivity index (χ4v) is 2.18. The van der Waals surface area contributed by atoms with E-state index in [-0.39, 0.29) is 0 Å². The molecule has 1 N–H and O–H groups in total. The van der Waals surface area contributed by atoms with Crippen LogP contribution in [-0.4, -0.2) is 25.0 Å². The van der Waals surface area contributed by atoms with E-state index in [0.29, 0.717) is 11.3 Å². The zero-order valence-corrected chi connectivity index (χ0v) is 11.8. The number of aromatic nitrogens is 5. The van der Waals surface area contributed by atoms with E-state index in [1.807, 2.05) is 13.0 Å². The van der Waals surface area contributed by atoms with Gasteiger partial charge in [-0.2, -0.15) is 0 Å². The van der Waals surface area contributed by atoms with E-state index in [1.165, 1.54) is 17.5 Å². The largest absolute Gasteiger partial charge is 0.338 e. The fraction of sp³-hybridized carbons (Fsp3) is 0.286. The van der Waals surface area contributed by atoms with Gasteiger partial charge in [0.05, 0.1) is 0 Å². The maximum atomic E-state index is 4.28. The van der Waals surface area contributed by atoms with Crippen LogP contribution in [0.3, 0.4) is 0 Å². The normalized spacial score (nSPS) is 10.9. The van der Waals surface area contributed by atoms with Gasteiger partial charge in [0.25, 0.3) is 0 Å². The Morgan fingerprint density at radius 1 is 1.20 bits per heavy atom. The third kappa shape index (κ3) is 2.09. The highest BCUT2D eigenvalue weighted by atomic mass is 15.4. The maximum absolute atomic E-state index is 4.28. The van der Waals surface area contributed by atoms with Crippen molar-refractivity contribution in [1.82, 2.24) is 25.0 Å². The number of benzene rings is 1. The van der Waals surface area contributed by atoms with Gasteiger partial charge in [-0.3, -0.25) is 0 Å². The average Bonchev–Trinajstić information content (AvgIpc) is 2.86. The lowest BCUT2D eigenvalue weighted by Crippen LogP contribution is -2.00. The molecule has 0 atom stereocenters. The second-order valence-corrected chi connectivity index (χ2v) is 4.74. The lowest BCUT2D eigenvalue weighted by molar-refractivity contribution is 0.641. The first-order valence-corrected chi connectivity index (χ1v) is 6.57. The van der Waals surface area contributed by atoms with E-state index in [1.54, 1.807) is 4.68 Å². The van der Waals surface area contributed by atoms with E-state index >= 15 is 0 Å². The molecule has 0 spiro atoms. The SMILES string of the molecule is CCn1nnc2c(Nc3ccc(C)cc3C)ncnc21. The third-order valence-electron chi connectivity index (χ3n) is 3.23. The van der Waals surface area contributed by atoms with Crippen molar-refractivity contribution in [2.24, 2.45) is 0 Å². The van der Waals surface area contributed by atoms with Crippen LogP contribution < -0.4 is 5.32 Å². The molecule has 6 heteroatoms. The second-order valence-electron chi connectivity index (χ2n) is 4.74. The minimum atomic E-state index is 0.682. The lowest BCUT2D eigenvalue weighted by atomic mass is 10.1. The van der Waals surface area contributed by atoms with Crippen LogP contribution in [0.4, 0.5) is 11.5 Å². The number of rotatable bonds is 3. The summed E-state index contributed by atoms with van der Waals surface area (Å²) >= 11 is 0. The molecular formula is C14H16N6. The highest BCUT2D eigenvalue weighted by Crippen LogP contribution is 2.23. The molecule has 2 heterocycles.